The van der Waals surface area contributed by atoms with E-state index in [-0.39, 0.29) is 0 Å². The molecule has 0 amide bonds. The van der Waals surface area contributed by atoms with Gasteiger partial charge in [-0.25, -0.2) is 5.01 Å². The van der Waals surface area contributed by atoms with E-state index >= 15 is 0 Å². The van der Waals surface area contributed by atoms with E-state index in [1.807, 2.05) is 6.20 Å². The zero-order valence-corrected chi connectivity index (χ0v) is 14.1. The van der Waals surface area contributed by atoms with Gasteiger partial charge in [-0.1, -0.05) is 0 Å². The van der Waals surface area contributed by atoms with Crippen molar-refractivity contribution in [3.63, 3.8) is 0 Å². The van der Waals surface area contributed by atoms with Crippen LogP contribution < -0.4 is 15.5 Å². The fourth-order valence-electron chi connectivity index (χ4n) is 3.45. The molecule has 128 valence electrons. The summed E-state index contributed by atoms with van der Waals surface area (Å²) in [6.07, 6.45) is 4.24. The Morgan fingerprint density at radius 3 is 3.04 bits per heavy atom. The van der Waals surface area contributed by atoms with E-state index in [0.29, 0.717) is 0 Å². The van der Waals surface area contributed by atoms with Gasteiger partial charge in [0.2, 0.25) is 0 Å². The van der Waals surface area contributed by atoms with Gasteiger partial charge in [0.1, 0.15) is 5.75 Å². The highest BCUT2D eigenvalue weighted by molar-refractivity contribution is 5.98. The average Bonchev–Trinajstić information content (AvgIpc) is 2.66. The number of morpholine rings is 1. The van der Waals surface area contributed by atoms with E-state index in [1.165, 1.54) is 16.8 Å². The zero-order chi connectivity index (χ0) is 16.4. The van der Waals surface area contributed by atoms with E-state index < -0.39 is 0 Å². The van der Waals surface area contributed by atoms with E-state index in [9.17, 15) is 0 Å². The molecule has 2 aliphatic heterocycles. The van der Waals surface area contributed by atoms with Gasteiger partial charge in [-0.05, 0) is 36.1 Å². The lowest BCUT2D eigenvalue weighted by Crippen LogP contribution is -2.45. The molecule has 2 aromatic rings. The predicted octanol–water partition coefficient (Wildman–Crippen LogP) is 1.94. The van der Waals surface area contributed by atoms with Gasteiger partial charge in [0.05, 0.1) is 36.9 Å². The van der Waals surface area contributed by atoms with Gasteiger partial charge < -0.3 is 14.8 Å². The number of fused-ring (bicyclic) bond motifs is 3. The standard InChI is InChI=1S/C18H24N4O2/c1-23-16-10-13(11-21-22-5-7-24-8-6-22)9-15-17(16)18-14(12-20-15)3-2-4-19-18/h9-10,12,19,21H,2-8,11H2,1H3. The molecule has 0 bridgehead atoms. The molecule has 24 heavy (non-hydrogen) atoms. The van der Waals surface area contributed by atoms with Gasteiger partial charge >= 0.3 is 0 Å². The lowest BCUT2D eigenvalue weighted by molar-refractivity contribution is 0.0106. The van der Waals surface area contributed by atoms with Crippen LogP contribution in [0, 0.1) is 0 Å². The van der Waals surface area contributed by atoms with Crippen LogP contribution in [0.2, 0.25) is 0 Å². The van der Waals surface area contributed by atoms with Crippen molar-refractivity contribution in [2.75, 3.05) is 45.3 Å². The predicted molar refractivity (Wildman–Crippen MR) is 94.3 cm³/mol. The van der Waals surface area contributed by atoms with Crippen molar-refractivity contribution < 1.29 is 9.47 Å². The van der Waals surface area contributed by atoms with Crippen LogP contribution in [0.15, 0.2) is 18.3 Å². The van der Waals surface area contributed by atoms with Gasteiger partial charge in [-0.2, -0.15) is 0 Å². The number of pyridine rings is 1. The third-order valence-corrected chi connectivity index (χ3v) is 4.73. The van der Waals surface area contributed by atoms with Crippen molar-refractivity contribution in [2.45, 2.75) is 19.4 Å². The molecular formula is C18H24N4O2. The lowest BCUT2D eigenvalue weighted by atomic mass is 10.00. The highest BCUT2D eigenvalue weighted by Crippen LogP contribution is 2.36. The Hall–Kier alpha value is -1.89. The Labute approximate surface area is 142 Å². The first-order valence-corrected chi connectivity index (χ1v) is 8.64. The largest absolute Gasteiger partial charge is 0.496 e. The quantitative estimate of drug-likeness (QED) is 0.894. The summed E-state index contributed by atoms with van der Waals surface area (Å²) in [5, 5.41) is 6.84. The van der Waals surface area contributed by atoms with Crippen molar-refractivity contribution in [3.8, 4) is 5.75 Å². The fraction of sp³-hybridized carbons (Fsp3) is 0.500. The fourth-order valence-corrected chi connectivity index (χ4v) is 3.45. The minimum Gasteiger partial charge on any atom is -0.496 e. The molecule has 6 nitrogen and oxygen atoms in total. The number of ether oxygens (including phenoxy) is 2. The molecule has 0 spiro atoms. The number of nitrogens with one attached hydrogen (secondary N) is 2. The van der Waals surface area contributed by atoms with Gasteiger partial charge in [-0.3, -0.25) is 10.4 Å². The van der Waals surface area contributed by atoms with Crippen LogP contribution in [0.25, 0.3) is 10.9 Å². The van der Waals surface area contributed by atoms with Gasteiger partial charge in [0.15, 0.2) is 0 Å². The first kappa shape index (κ1) is 15.6. The van der Waals surface area contributed by atoms with Gasteiger partial charge in [0.25, 0.3) is 0 Å². The van der Waals surface area contributed by atoms with Crippen LogP contribution >= 0.6 is 0 Å². The van der Waals surface area contributed by atoms with Crippen molar-refractivity contribution >= 4 is 16.6 Å². The zero-order valence-electron chi connectivity index (χ0n) is 14.1. The third-order valence-electron chi connectivity index (χ3n) is 4.73. The van der Waals surface area contributed by atoms with Crippen LogP contribution in [0.4, 0.5) is 5.69 Å². The number of anilines is 1. The maximum atomic E-state index is 5.68. The van der Waals surface area contributed by atoms with Crippen LogP contribution in [-0.2, 0) is 17.7 Å². The van der Waals surface area contributed by atoms with Crippen LogP contribution in [0.5, 0.6) is 5.75 Å². The molecule has 3 heterocycles. The number of hydrazine groups is 1. The molecule has 0 aliphatic carbocycles. The number of hydrogen-bond donors (Lipinski definition) is 2. The summed E-state index contributed by atoms with van der Waals surface area (Å²) >= 11 is 0. The first-order valence-electron chi connectivity index (χ1n) is 8.64. The summed E-state index contributed by atoms with van der Waals surface area (Å²) in [7, 11) is 1.73. The lowest BCUT2D eigenvalue weighted by Gasteiger charge is -2.27. The number of aromatic nitrogens is 1. The molecule has 1 saturated heterocycles. The molecule has 0 unspecified atom stereocenters. The first-order chi connectivity index (χ1) is 11.8. The van der Waals surface area contributed by atoms with E-state index in [1.54, 1.807) is 7.11 Å². The van der Waals surface area contributed by atoms with Crippen molar-refractivity contribution in [1.29, 1.82) is 0 Å². The minimum absolute atomic E-state index is 0.762. The highest BCUT2D eigenvalue weighted by atomic mass is 16.5. The summed E-state index contributed by atoms with van der Waals surface area (Å²) in [6.45, 7) is 5.18. The van der Waals surface area contributed by atoms with Crippen LogP contribution in [0.1, 0.15) is 17.5 Å². The number of hydrogen-bond acceptors (Lipinski definition) is 6. The molecule has 1 aromatic heterocycles. The maximum absolute atomic E-state index is 5.68. The normalized spacial score (nSPS) is 18.2. The van der Waals surface area contributed by atoms with E-state index in [4.69, 9.17) is 9.47 Å². The minimum atomic E-state index is 0.762. The van der Waals surface area contributed by atoms with Crippen LogP contribution in [-0.4, -0.2) is 50.0 Å². The molecule has 2 aliphatic rings. The summed E-state index contributed by atoms with van der Waals surface area (Å²) in [5.74, 6) is 0.894. The topological polar surface area (TPSA) is 58.7 Å². The molecule has 2 N–H and O–H groups in total. The SMILES string of the molecule is COc1cc(CNN2CCOCC2)cc2ncc3c(c12)NCCC3. The Balaban J connectivity index is 1.63. The van der Waals surface area contributed by atoms with Crippen molar-refractivity contribution in [3.05, 3.63) is 29.5 Å². The van der Waals surface area contributed by atoms with Crippen LogP contribution in [0.3, 0.4) is 0 Å². The Bertz CT molecular complexity index is 729. The monoisotopic (exact) mass is 328 g/mol. The third kappa shape index (κ3) is 3.05. The molecule has 6 heteroatoms. The summed E-state index contributed by atoms with van der Waals surface area (Å²) in [4.78, 5) is 4.68. The summed E-state index contributed by atoms with van der Waals surface area (Å²) in [6, 6.07) is 4.27. The molecule has 1 fully saturated rings. The second kappa shape index (κ2) is 6.93. The second-order valence-electron chi connectivity index (χ2n) is 6.32. The van der Waals surface area contributed by atoms with Crippen molar-refractivity contribution in [2.24, 2.45) is 0 Å². The Morgan fingerprint density at radius 1 is 1.33 bits per heavy atom. The van der Waals surface area contributed by atoms with Crippen molar-refractivity contribution in [1.82, 2.24) is 15.4 Å². The number of rotatable bonds is 4. The number of aryl methyl sites for hydroxylation is 1. The maximum Gasteiger partial charge on any atom is 0.130 e. The summed E-state index contributed by atoms with van der Waals surface area (Å²) in [5.41, 5.74) is 8.11. The number of nitrogens with zero attached hydrogens (tertiary/aromatic N) is 2. The van der Waals surface area contributed by atoms with E-state index in [2.05, 4.69) is 32.9 Å². The number of benzene rings is 1. The molecule has 0 saturated carbocycles. The van der Waals surface area contributed by atoms with Gasteiger partial charge in [-0.15, -0.1) is 0 Å². The average molecular weight is 328 g/mol. The molecule has 1 aromatic carbocycles. The molecule has 0 atom stereocenters. The molecule has 0 radical (unpaired) electrons. The molecule has 4 rings (SSSR count). The van der Waals surface area contributed by atoms with Gasteiger partial charge in [0, 0.05) is 32.4 Å². The smallest absolute Gasteiger partial charge is 0.130 e. The Morgan fingerprint density at radius 2 is 2.21 bits per heavy atom. The number of methoxy groups -OCH3 is 1. The second-order valence-corrected chi connectivity index (χ2v) is 6.32. The Kier molecular flexibility index (Phi) is 4.51. The highest BCUT2D eigenvalue weighted by Gasteiger charge is 2.17. The molecular weight excluding hydrogens is 304 g/mol. The van der Waals surface area contributed by atoms with E-state index in [0.717, 1.165) is 68.9 Å². The summed E-state index contributed by atoms with van der Waals surface area (Å²) < 4.78 is 11.1.